The van der Waals surface area contributed by atoms with Gasteiger partial charge in [0.1, 0.15) is 17.5 Å². The number of carbonyl (C=O) groups is 1. The Morgan fingerprint density at radius 1 is 1.32 bits per heavy atom. The summed E-state index contributed by atoms with van der Waals surface area (Å²) in [6, 6.07) is 14.0. The molecule has 2 aromatic rings. The van der Waals surface area contributed by atoms with Gasteiger partial charge in [0, 0.05) is 6.54 Å². The van der Waals surface area contributed by atoms with Gasteiger partial charge in [-0.1, -0.05) is 24.3 Å². The Hall–Kier alpha value is -2.54. The van der Waals surface area contributed by atoms with E-state index in [9.17, 15) is 4.79 Å². The van der Waals surface area contributed by atoms with Gasteiger partial charge in [0.2, 0.25) is 0 Å². The van der Waals surface area contributed by atoms with Crippen LogP contribution in [0.2, 0.25) is 0 Å². The maximum absolute atomic E-state index is 12.1. The van der Waals surface area contributed by atoms with Crippen molar-refractivity contribution in [3.63, 3.8) is 0 Å². The van der Waals surface area contributed by atoms with Crippen LogP contribution in [-0.4, -0.2) is 17.4 Å². The van der Waals surface area contributed by atoms with Crippen molar-refractivity contribution in [2.75, 3.05) is 6.54 Å². The molecule has 2 aliphatic carbocycles. The van der Waals surface area contributed by atoms with Crippen LogP contribution >= 0.6 is 0 Å². The number of aromatic nitrogens is 1. The number of benzene rings is 1. The van der Waals surface area contributed by atoms with E-state index >= 15 is 0 Å². The third kappa shape index (κ3) is 2.10. The Bertz CT molecular complexity index is 771. The summed E-state index contributed by atoms with van der Waals surface area (Å²) < 4.78 is 0. The number of aromatic amines is 1. The van der Waals surface area contributed by atoms with Crippen LogP contribution in [0.3, 0.4) is 0 Å². The van der Waals surface area contributed by atoms with E-state index in [0.717, 1.165) is 6.42 Å². The Kier molecular flexibility index (Phi) is 3.00. The Labute approximate surface area is 129 Å². The standard InChI is InChI=1S/C18H17N3O/c19-9-12-6-8-16(21-12)18(22)20-10-15-14-7-5-11-3-1-2-4-13(11)17(14)15/h1-4,6,8,14-15,17,21H,5,7,10H2,(H,20,22)/t14-,15+,17-/m0/s1. The number of hydrogen-bond donors (Lipinski definition) is 2. The summed E-state index contributed by atoms with van der Waals surface area (Å²) in [5.41, 5.74) is 3.82. The number of nitriles is 1. The molecule has 22 heavy (non-hydrogen) atoms. The lowest BCUT2D eigenvalue weighted by Crippen LogP contribution is -2.26. The molecule has 0 aliphatic heterocycles. The Balaban J connectivity index is 1.40. The minimum atomic E-state index is -0.126. The van der Waals surface area contributed by atoms with Crippen LogP contribution in [0.5, 0.6) is 0 Å². The second-order valence-corrected chi connectivity index (χ2v) is 6.20. The molecular formula is C18H17N3O. The van der Waals surface area contributed by atoms with E-state index < -0.39 is 0 Å². The Morgan fingerprint density at radius 2 is 2.18 bits per heavy atom. The highest BCUT2D eigenvalue weighted by Crippen LogP contribution is 2.59. The average molecular weight is 291 g/mol. The van der Waals surface area contributed by atoms with Crippen molar-refractivity contribution in [1.82, 2.24) is 10.3 Å². The van der Waals surface area contributed by atoms with E-state index in [1.165, 1.54) is 17.5 Å². The monoisotopic (exact) mass is 291 g/mol. The topological polar surface area (TPSA) is 68.7 Å². The third-order valence-corrected chi connectivity index (χ3v) is 5.04. The number of H-pyrrole nitrogens is 1. The summed E-state index contributed by atoms with van der Waals surface area (Å²) >= 11 is 0. The van der Waals surface area contributed by atoms with Gasteiger partial charge in [-0.3, -0.25) is 4.79 Å². The molecular weight excluding hydrogens is 274 g/mol. The molecule has 2 aliphatic rings. The van der Waals surface area contributed by atoms with Crippen molar-refractivity contribution >= 4 is 5.91 Å². The highest BCUT2D eigenvalue weighted by atomic mass is 16.1. The van der Waals surface area contributed by atoms with E-state index in [4.69, 9.17) is 5.26 Å². The summed E-state index contributed by atoms with van der Waals surface area (Å²) in [4.78, 5) is 14.9. The maximum atomic E-state index is 12.1. The van der Waals surface area contributed by atoms with Gasteiger partial charge in [-0.2, -0.15) is 5.26 Å². The SMILES string of the molecule is N#Cc1ccc(C(=O)NC[C@@H]2[C@@H]3CCc4ccccc4[C@H]23)[nH]1. The fraction of sp³-hybridized carbons (Fsp3) is 0.333. The predicted octanol–water partition coefficient (Wildman–Crippen LogP) is 2.59. The van der Waals surface area contributed by atoms with Crippen LogP contribution in [0.25, 0.3) is 0 Å². The summed E-state index contributed by atoms with van der Waals surface area (Å²) in [5, 5.41) is 11.8. The Morgan fingerprint density at radius 3 is 3.00 bits per heavy atom. The molecule has 0 radical (unpaired) electrons. The fourth-order valence-electron chi connectivity index (χ4n) is 3.89. The molecule has 1 saturated carbocycles. The molecule has 4 nitrogen and oxygen atoms in total. The molecule has 1 aromatic heterocycles. The molecule has 1 aromatic carbocycles. The molecule has 3 atom stereocenters. The molecule has 0 saturated heterocycles. The highest BCUT2D eigenvalue weighted by molar-refractivity contribution is 5.92. The van der Waals surface area contributed by atoms with Crippen LogP contribution in [0.15, 0.2) is 36.4 Å². The van der Waals surface area contributed by atoms with Gasteiger partial charge in [0.05, 0.1) is 0 Å². The third-order valence-electron chi connectivity index (χ3n) is 5.04. The first-order chi connectivity index (χ1) is 10.8. The van der Waals surface area contributed by atoms with Crippen molar-refractivity contribution in [1.29, 1.82) is 5.26 Å². The minimum absolute atomic E-state index is 0.126. The number of carbonyl (C=O) groups excluding carboxylic acids is 1. The number of aryl methyl sites for hydroxylation is 1. The zero-order valence-electron chi connectivity index (χ0n) is 12.2. The van der Waals surface area contributed by atoms with Crippen molar-refractivity contribution in [2.45, 2.75) is 18.8 Å². The normalized spacial score (nSPS) is 24.8. The molecule has 2 N–H and O–H groups in total. The molecule has 0 bridgehead atoms. The highest BCUT2D eigenvalue weighted by Gasteiger charge is 2.52. The first kappa shape index (κ1) is 13.1. The van der Waals surface area contributed by atoms with Gasteiger partial charge >= 0.3 is 0 Å². The summed E-state index contributed by atoms with van der Waals surface area (Å²) in [5.74, 6) is 1.76. The molecule has 1 fully saturated rings. The maximum Gasteiger partial charge on any atom is 0.267 e. The number of nitrogens with zero attached hydrogens (tertiary/aromatic N) is 1. The predicted molar refractivity (Wildman–Crippen MR) is 82.3 cm³/mol. The van der Waals surface area contributed by atoms with Gasteiger partial charge < -0.3 is 10.3 Å². The number of amides is 1. The number of rotatable bonds is 3. The quantitative estimate of drug-likeness (QED) is 0.912. The summed E-state index contributed by atoms with van der Waals surface area (Å²) in [6.07, 6.45) is 2.38. The molecule has 4 rings (SSSR count). The van der Waals surface area contributed by atoms with Crippen LogP contribution in [0.4, 0.5) is 0 Å². The summed E-state index contributed by atoms with van der Waals surface area (Å²) in [7, 11) is 0. The van der Waals surface area contributed by atoms with E-state index in [1.807, 2.05) is 6.07 Å². The van der Waals surface area contributed by atoms with E-state index in [-0.39, 0.29) is 5.91 Å². The lowest BCUT2D eigenvalue weighted by molar-refractivity contribution is 0.0946. The first-order valence-corrected chi connectivity index (χ1v) is 7.73. The van der Waals surface area contributed by atoms with Crippen molar-refractivity contribution in [2.24, 2.45) is 11.8 Å². The van der Waals surface area contributed by atoms with Crippen LogP contribution in [0.1, 0.15) is 39.6 Å². The van der Waals surface area contributed by atoms with Gasteiger partial charge in [0.25, 0.3) is 5.91 Å². The van der Waals surface area contributed by atoms with Gasteiger partial charge in [0.15, 0.2) is 0 Å². The average Bonchev–Trinajstić information content (AvgIpc) is 3.06. The van der Waals surface area contributed by atoms with E-state index in [0.29, 0.717) is 35.7 Å². The molecule has 1 heterocycles. The van der Waals surface area contributed by atoms with Crippen LogP contribution in [-0.2, 0) is 6.42 Å². The summed E-state index contributed by atoms with van der Waals surface area (Å²) in [6.45, 7) is 0.712. The minimum Gasteiger partial charge on any atom is -0.350 e. The van der Waals surface area contributed by atoms with Gasteiger partial charge in [-0.15, -0.1) is 0 Å². The lowest BCUT2D eigenvalue weighted by atomic mass is 9.92. The number of hydrogen-bond acceptors (Lipinski definition) is 2. The zero-order valence-corrected chi connectivity index (χ0v) is 12.2. The van der Waals surface area contributed by atoms with Gasteiger partial charge in [-0.05, 0) is 53.9 Å². The zero-order chi connectivity index (χ0) is 15.1. The number of fused-ring (bicyclic) bond motifs is 3. The fourth-order valence-corrected chi connectivity index (χ4v) is 3.89. The van der Waals surface area contributed by atoms with E-state index in [2.05, 4.69) is 34.6 Å². The smallest absolute Gasteiger partial charge is 0.267 e. The van der Waals surface area contributed by atoms with Crippen LogP contribution < -0.4 is 5.32 Å². The van der Waals surface area contributed by atoms with Crippen molar-refractivity contribution in [3.05, 3.63) is 58.9 Å². The number of nitrogens with one attached hydrogen (secondary N) is 2. The van der Waals surface area contributed by atoms with Gasteiger partial charge in [-0.25, -0.2) is 0 Å². The second kappa shape index (κ2) is 5.03. The first-order valence-electron chi connectivity index (χ1n) is 7.73. The molecule has 0 spiro atoms. The molecule has 0 unspecified atom stereocenters. The second-order valence-electron chi connectivity index (χ2n) is 6.20. The lowest BCUT2D eigenvalue weighted by Gasteiger charge is -2.13. The molecule has 110 valence electrons. The largest absolute Gasteiger partial charge is 0.350 e. The molecule has 1 amide bonds. The van der Waals surface area contributed by atoms with Crippen molar-refractivity contribution < 1.29 is 4.79 Å². The van der Waals surface area contributed by atoms with E-state index in [1.54, 1.807) is 12.1 Å². The van der Waals surface area contributed by atoms with Crippen molar-refractivity contribution in [3.8, 4) is 6.07 Å². The molecule has 4 heteroatoms. The van der Waals surface area contributed by atoms with Crippen LogP contribution in [0, 0.1) is 23.2 Å².